The SMILES string of the molecule is COC(=O)N1CCc2ccc(F)cc2[C@@H]1C(=O)Nc1nccc(C)n1. The van der Waals surface area contributed by atoms with Gasteiger partial charge in [-0.1, -0.05) is 6.07 Å². The lowest BCUT2D eigenvalue weighted by atomic mass is 9.92. The van der Waals surface area contributed by atoms with E-state index in [4.69, 9.17) is 4.74 Å². The van der Waals surface area contributed by atoms with Gasteiger partial charge in [0.2, 0.25) is 5.95 Å². The summed E-state index contributed by atoms with van der Waals surface area (Å²) in [5.41, 5.74) is 1.93. The highest BCUT2D eigenvalue weighted by molar-refractivity contribution is 5.96. The summed E-state index contributed by atoms with van der Waals surface area (Å²) >= 11 is 0. The van der Waals surface area contributed by atoms with E-state index in [1.54, 1.807) is 19.1 Å². The van der Waals surface area contributed by atoms with Crippen molar-refractivity contribution in [3.8, 4) is 0 Å². The summed E-state index contributed by atoms with van der Waals surface area (Å²) in [4.78, 5) is 34.3. The minimum absolute atomic E-state index is 0.123. The van der Waals surface area contributed by atoms with Crippen molar-refractivity contribution in [3.05, 3.63) is 53.1 Å². The van der Waals surface area contributed by atoms with Gasteiger partial charge in [0.25, 0.3) is 5.91 Å². The molecule has 1 aliphatic heterocycles. The second-order valence-electron chi connectivity index (χ2n) is 5.67. The number of benzene rings is 1. The molecule has 0 saturated heterocycles. The number of fused-ring (bicyclic) bond motifs is 1. The van der Waals surface area contributed by atoms with E-state index >= 15 is 0 Å². The Kier molecular flexibility index (Phi) is 4.60. The minimum Gasteiger partial charge on any atom is -0.453 e. The molecule has 1 N–H and O–H groups in total. The molecule has 0 spiro atoms. The zero-order valence-electron chi connectivity index (χ0n) is 13.8. The van der Waals surface area contributed by atoms with Gasteiger partial charge in [0.1, 0.15) is 11.9 Å². The Hall–Kier alpha value is -3.03. The van der Waals surface area contributed by atoms with E-state index in [2.05, 4.69) is 15.3 Å². The molecule has 25 heavy (non-hydrogen) atoms. The van der Waals surface area contributed by atoms with Gasteiger partial charge in [-0.05, 0) is 42.7 Å². The Balaban J connectivity index is 1.97. The van der Waals surface area contributed by atoms with Crippen LogP contribution in [-0.2, 0) is 16.0 Å². The van der Waals surface area contributed by atoms with E-state index in [-0.39, 0.29) is 12.5 Å². The Morgan fingerprint density at radius 1 is 1.36 bits per heavy atom. The first-order valence-electron chi connectivity index (χ1n) is 7.73. The third kappa shape index (κ3) is 3.42. The molecular weight excluding hydrogens is 327 g/mol. The van der Waals surface area contributed by atoms with Crippen molar-refractivity contribution in [2.45, 2.75) is 19.4 Å². The summed E-state index contributed by atoms with van der Waals surface area (Å²) in [5.74, 6) is -0.879. The van der Waals surface area contributed by atoms with Crippen LogP contribution in [0.4, 0.5) is 15.1 Å². The number of ether oxygens (including phenoxy) is 1. The minimum atomic E-state index is -1.02. The number of anilines is 1. The number of hydrogen-bond acceptors (Lipinski definition) is 5. The topological polar surface area (TPSA) is 84.4 Å². The van der Waals surface area contributed by atoms with Gasteiger partial charge in [-0.3, -0.25) is 15.0 Å². The van der Waals surface area contributed by atoms with Crippen LogP contribution < -0.4 is 5.32 Å². The monoisotopic (exact) mass is 344 g/mol. The largest absolute Gasteiger partial charge is 0.453 e. The number of amides is 2. The van der Waals surface area contributed by atoms with E-state index < -0.39 is 23.9 Å². The molecule has 1 atom stereocenters. The van der Waals surface area contributed by atoms with Crippen molar-refractivity contribution >= 4 is 17.9 Å². The first-order chi connectivity index (χ1) is 12.0. The van der Waals surface area contributed by atoms with Gasteiger partial charge in [0.05, 0.1) is 7.11 Å². The second-order valence-corrected chi connectivity index (χ2v) is 5.67. The molecule has 8 heteroatoms. The average Bonchev–Trinajstić information content (AvgIpc) is 2.59. The Morgan fingerprint density at radius 3 is 2.88 bits per heavy atom. The molecule has 7 nitrogen and oxygen atoms in total. The van der Waals surface area contributed by atoms with Gasteiger partial charge in [-0.25, -0.2) is 19.2 Å². The molecule has 0 unspecified atom stereocenters. The van der Waals surface area contributed by atoms with Gasteiger partial charge in [0, 0.05) is 18.4 Å². The number of nitrogens with zero attached hydrogens (tertiary/aromatic N) is 3. The van der Waals surface area contributed by atoms with E-state index in [1.165, 1.54) is 30.3 Å². The second kappa shape index (κ2) is 6.84. The number of halogens is 1. The predicted molar refractivity (Wildman–Crippen MR) is 87.4 cm³/mol. The summed E-state index contributed by atoms with van der Waals surface area (Å²) in [6, 6.07) is 4.91. The normalized spacial score (nSPS) is 16.1. The number of aryl methyl sites for hydroxylation is 1. The van der Waals surface area contributed by atoms with E-state index in [9.17, 15) is 14.0 Å². The zero-order chi connectivity index (χ0) is 18.0. The highest BCUT2D eigenvalue weighted by Crippen LogP contribution is 2.31. The first-order valence-corrected chi connectivity index (χ1v) is 7.73. The average molecular weight is 344 g/mol. The number of carbonyl (C=O) groups is 2. The number of rotatable bonds is 2. The maximum Gasteiger partial charge on any atom is 0.410 e. The summed E-state index contributed by atoms with van der Waals surface area (Å²) < 4.78 is 18.5. The highest BCUT2D eigenvalue weighted by atomic mass is 19.1. The van der Waals surface area contributed by atoms with Gasteiger partial charge in [-0.15, -0.1) is 0 Å². The van der Waals surface area contributed by atoms with Crippen LogP contribution in [0.25, 0.3) is 0 Å². The molecule has 0 fully saturated rings. The summed E-state index contributed by atoms with van der Waals surface area (Å²) in [7, 11) is 1.24. The summed E-state index contributed by atoms with van der Waals surface area (Å²) in [5, 5.41) is 2.59. The van der Waals surface area contributed by atoms with Gasteiger partial charge in [0.15, 0.2) is 0 Å². The predicted octanol–water partition coefficient (Wildman–Crippen LogP) is 2.23. The molecule has 2 amide bonds. The molecule has 2 heterocycles. The number of aromatic nitrogens is 2. The fourth-order valence-corrected chi connectivity index (χ4v) is 2.87. The fourth-order valence-electron chi connectivity index (χ4n) is 2.87. The summed E-state index contributed by atoms with van der Waals surface area (Å²) in [6.45, 7) is 2.06. The molecule has 1 aromatic heterocycles. The lowest BCUT2D eigenvalue weighted by molar-refractivity contribution is -0.121. The highest BCUT2D eigenvalue weighted by Gasteiger charge is 2.37. The molecule has 0 bridgehead atoms. The van der Waals surface area contributed by atoms with Crippen molar-refractivity contribution in [1.29, 1.82) is 0 Å². The van der Waals surface area contributed by atoms with E-state index in [1.807, 2.05) is 0 Å². The van der Waals surface area contributed by atoms with Crippen LogP contribution in [0.15, 0.2) is 30.5 Å². The van der Waals surface area contributed by atoms with Crippen LogP contribution in [0.3, 0.4) is 0 Å². The third-order valence-corrected chi connectivity index (χ3v) is 4.02. The number of hydrogen-bond donors (Lipinski definition) is 1. The number of carbonyl (C=O) groups excluding carboxylic acids is 2. The lowest BCUT2D eigenvalue weighted by Crippen LogP contribution is -2.45. The van der Waals surface area contributed by atoms with Crippen LogP contribution in [-0.4, -0.2) is 40.5 Å². The van der Waals surface area contributed by atoms with Crippen molar-refractivity contribution in [3.63, 3.8) is 0 Å². The maximum absolute atomic E-state index is 13.7. The molecule has 1 aliphatic rings. The van der Waals surface area contributed by atoms with Crippen LogP contribution in [0.1, 0.15) is 22.9 Å². The molecule has 3 rings (SSSR count). The van der Waals surface area contributed by atoms with Crippen molar-refractivity contribution in [2.75, 3.05) is 19.0 Å². The standard InChI is InChI=1S/C17H17FN4O3/c1-10-5-7-19-16(20-10)21-15(23)14-13-9-12(18)4-3-11(13)6-8-22(14)17(24)25-2/h3-5,7,9,14H,6,8H2,1-2H3,(H,19,20,21,23)/t14-/m1/s1. The molecule has 0 saturated carbocycles. The smallest absolute Gasteiger partial charge is 0.410 e. The van der Waals surface area contributed by atoms with Crippen LogP contribution in [0, 0.1) is 12.7 Å². The van der Waals surface area contributed by atoms with Crippen molar-refractivity contribution < 1.29 is 18.7 Å². The van der Waals surface area contributed by atoms with Crippen LogP contribution in [0.2, 0.25) is 0 Å². The zero-order valence-corrected chi connectivity index (χ0v) is 13.8. The Morgan fingerprint density at radius 2 is 2.16 bits per heavy atom. The maximum atomic E-state index is 13.7. The van der Waals surface area contributed by atoms with Crippen LogP contribution >= 0.6 is 0 Å². The fraction of sp³-hybridized carbons (Fsp3) is 0.294. The Bertz CT molecular complexity index is 827. The lowest BCUT2D eigenvalue weighted by Gasteiger charge is -2.35. The Labute approximate surface area is 143 Å². The quantitative estimate of drug-likeness (QED) is 0.903. The molecule has 2 aromatic rings. The van der Waals surface area contributed by atoms with Gasteiger partial charge < -0.3 is 4.74 Å². The van der Waals surface area contributed by atoms with E-state index in [0.29, 0.717) is 17.7 Å². The molecule has 130 valence electrons. The molecular formula is C17H17FN4O3. The van der Waals surface area contributed by atoms with Gasteiger partial charge in [-0.2, -0.15) is 0 Å². The molecule has 0 radical (unpaired) electrons. The number of nitrogens with one attached hydrogen (secondary N) is 1. The molecule has 1 aromatic carbocycles. The van der Waals surface area contributed by atoms with E-state index in [0.717, 1.165) is 5.56 Å². The third-order valence-electron chi connectivity index (χ3n) is 4.02. The number of methoxy groups -OCH3 is 1. The van der Waals surface area contributed by atoms with Gasteiger partial charge >= 0.3 is 6.09 Å². The summed E-state index contributed by atoms with van der Waals surface area (Å²) in [6.07, 6.45) is 1.38. The molecule has 0 aliphatic carbocycles. The van der Waals surface area contributed by atoms with Crippen LogP contribution in [0.5, 0.6) is 0 Å². The first kappa shape index (κ1) is 16.8. The van der Waals surface area contributed by atoms with Crippen molar-refractivity contribution in [2.24, 2.45) is 0 Å². The van der Waals surface area contributed by atoms with Crippen molar-refractivity contribution in [1.82, 2.24) is 14.9 Å².